The van der Waals surface area contributed by atoms with Gasteiger partial charge in [-0.3, -0.25) is 4.98 Å². The number of aromatic nitrogens is 3. The van der Waals surface area contributed by atoms with Crippen LogP contribution in [0.1, 0.15) is 29.6 Å². The van der Waals surface area contributed by atoms with Crippen LogP contribution in [0.25, 0.3) is 11.0 Å². The standard InChI is InChI=1S/C19H23N3O3.CF2O/c1-13-16(20-9-8-18(13)25-11-5-10-24-2)12-17(23)19-21-14-6-3-4-7-15(14)22-19;2-1(3)4/h3-4,6-9,17,23H,5,10-12H2,1-2H3,(H,21,22);. The molecule has 0 fully saturated rings. The number of aliphatic hydroxyl groups excluding tert-OH is 1. The minimum atomic E-state index is -2.83. The number of nitrogens with zero attached hydrogens (tertiary/aromatic N) is 2. The minimum absolute atomic E-state index is 0.376. The average molecular weight is 407 g/mol. The molecule has 0 aliphatic rings. The number of para-hydroxylation sites is 2. The second-order valence-corrected chi connectivity index (χ2v) is 6.16. The lowest BCUT2D eigenvalue weighted by atomic mass is 10.1. The number of carbonyl (C=O) groups is 1. The van der Waals surface area contributed by atoms with Crippen molar-refractivity contribution in [3.63, 3.8) is 0 Å². The first kappa shape index (κ1) is 22.4. The van der Waals surface area contributed by atoms with Gasteiger partial charge in [-0.25, -0.2) is 9.78 Å². The molecule has 3 rings (SSSR count). The summed E-state index contributed by atoms with van der Waals surface area (Å²) in [5.41, 5.74) is 3.50. The number of carbonyl (C=O) groups excluding carboxylic acids is 1. The van der Waals surface area contributed by atoms with Crippen molar-refractivity contribution in [3.8, 4) is 5.75 Å². The number of halogens is 2. The normalized spacial score (nSPS) is 11.6. The highest BCUT2D eigenvalue weighted by atomic mass is 19.3. The summed E-state index contributed by atoms with van der Waals surface area (Å²) in [6, 6.07) is 9.57. The number of H-pyrrole nitrogens is 1. The number of rotatable bonds is 8. The number of methoxy groups -OCH3 is 1. The van der Waals surface area contributed by atoms with Gasteiger partial charge in [0.05, 0.1) is 17.6 Å². The molecule has 0 radical (unpaired) electrons. The van der Waals surface area contributed by atoms with Crippen molar-refractivity contribution in [1.29, 1.82) is 0 Å². The van der Waals surface area contributed by atoms with Crippen LogP contribution in [-0.2, 0) is 11.2 Å². The zero-order valence-corrected chi connectivity index (χ0v) is 16.2. The number of imidazole rings is 1. The molecule has 1 aromatic carbocycles. The maximum absolute atomic E-state index is 10.5. The van der Waals surface area contributed by atoms with Gasteiger partial charge >= 0.3 is 6.29 Å². The summed E-state index contributed by atoms with van der Waals surface area (Å²) in [7, 11) is 1.68. The predicted octanol–water partition coefficient (Wildman–Crippen LogP) is 4.00. The molecule has 9 heteroatoms. The van der Waals surface area contributed by atoms with Crippen molar-refractivity contribution in [2.75, 3.05) is 20.3 Å². The summed E-state index contributed by atoms with van der Waals surface area (Å²) < 4.78 is 30.2. The van der Waals surface area contributed by atoms with E-state index in [1.807, 2.05) is 37.3 Å². The van der Waals surface area contributed by atoms with Crippen molar-refractivity contribution < 1.29 is 28.2 Å². The van der Waals surface area contributed by atoms with Crippen molar-refractivity contribution in [2.45, 2.75) is 25.9 Å². The van der Waals surface area contributed by atoms with E-state index in [1.165, 1.54) is 0 Å². The van der Waals surface area contributed by atoms with Gasteiger partial charge in [-0.1, -0.05) is 12.1 Å². The number of pyridine rings is 1. The second kappa shape index (κ2) is 11.2. The van der Waals surface area contributed by atoms with E-state index in [2.05, 4.69) is 15.0 Å². The minimum Gasteiger partial charge on any atom is -0.493 e. The molecule has 156 valence electrons. The third-order valence-corrected chi connectivity index (χ3v) is 4.12. The van der Waals surface area contributed by atoms with E-state index in [9.17, 15) is 13.9 Å². The smallest absolute Gasteiger partial charge is 0.483 e. The van der Waals surface area contributed by atoms with Crippen molar-refractivity contribution in [2.24, 2.45) is 0 Å². The van der Waals surface area contributed by atoms with Crippen molar-refractivity contribution in [1.82, 2.24) is 15.0 Å². The Kier molecular flexibility index (Phi) is 8.63. The molecular weight excluding hydrogens is 384 g/mol. The van der Waals surface area contributed by atoms with E-state index in [4.69, 9.17) is 14.3 Å². The molecular formula is C20H23F2N3O4. The van der Waals surface area contributed by atoms with E-state index in [1.54, 1.807) is 13.3 Å². The molecule has 0 bridgehead atoms. The summed E-state index contributed by atoms with van der Waals surface area (Å²) in [5.74, 6) is 1.34. The summed E-state index contributed by atoms with van der Waals surface area (Å²) >= 11 is 0. The number of hydrogen-bond acceptors (Lipinski definition) is 6. The summed E-state index contributed by atoms with van der Waals surface area (Å²) in [4.78, 5) is 20.1. The fraction of sp³-hybridized carbons (Fsp3) is 0.350. The number of aliphatic hydroxyl groups is 1. The van der Waals surface area contributed by atoms with Crippen LogP contribution in [0.5, 0.6) is 5.75 Å². The lowest BCUT2D eigenvalue weighted by Crippen LogP contribution is -2.08. The van der Waals surface area contributed by atoms with E-state index in [0.29, 0.717) is 25.5 Å². The SMILES string of the molecule is COCCCOc1ccnc(CC(O)c2nc3ccccc3[nH]2)c1C.O=C(F)F. The number of fused-ring (bicyclic) bond motifs is 1. The van der Waals surface area contributed by atoms with Crippen LogP contribution in [0, 0.1) is 6.92 Å². The third kappa shape index (κ3) is 6.88. The lowest BCUT2D eigenvalue weighted by molar-refractivity contribution is 0.167. The molecule has 3 aromatic rings. The predicted molar refractivity (Wildman–Crippen MR) is 103 cm³/mol. The summed E-state index contributed by atoms with van der Waals surface area (Å²) in [6.07, 6.45) is -0.669. The Morgan fingerprint density at radius 2 is 1.97 bits per heavy atom. The molecule has 2 heterocycles. The van der Waals surface area contributed by atoms with Gasteiger partial charge in [-0.15, -0.1) is 8.78 Å². The van der Waals surface area contributed by atoms with Gasteiger partial charge in [0, 0.05) is 44.0 Å². The molecule has 0 amide bonds. The van der Waals surface area contributed by atoms with Gasteiger partial charge in [0.1, 0.15) is 17.7 Å². The first-order chi connectivity index (χ1) is 13.9. The molecule has 0 aliphatic carbocycles. The van der Waals surface area contributed by atoms with Crippen molar-refractivity contribution in [3.05, 3.63) is 53.6 Å². The number of hydrogen-bond donors (Lipinski definition) is 2. The Labute approximate surface area is 166 Å². The quantitative estimate of drug-likeness (QED) is 0.433. The Morgan fingerprint density at radius 1 is 1.24 bits per heavy atom. The third-order valence-electron chi connectivity index (χ3n) is 4.12. The summed E-state index contributed by atoms with van der Waals surface area (Å²) in [5, 5.41) is 10.5. The van der Waals surface area contributed by atoms with E-state index < -0.39 is 12.4 Å². The first-order valence-corrected chi connectivity index (χ1v) is 8.96. The van der Waals surface area contributed by atoms with E-state index in [0.717, 1.165) is 34.5 Å². The monoisotopic (exact) mass is 407 g/mol. The molecule has 0 spiro atoms. The van der Waals surface area contributed by atoms with Crippen LogP contribution in [0.2, 0.25) is 0 Å². The molecule has 7 nitrogen and oxygen atoms in total. The number of ether oxygens (including phenoxy) is 2. The highest BCUT2D eigenvalue weighted by Crippen LogP contribution is 2.24. The first-order valence-electron chi connectivity index (χ1n) is 8.96. The van der Waals surface area contributed by atoms with Crippen LogP contribution in [0.4, 0.5) is 13.6 Å². The van der Waals surface area contributed by atoms with Gasteiger partial charge in [0.2, 0.25) is 0 Å². The Bertz CT molecular complexity index is 896. The molecule has 1 atom stereocenters. The Balaban J connectivity index is 0.000000687. The maximum atomic E-state index is 10.5. The number of benzene rings is 1. The highest BCUT2D eigenvalue weighted by Gasteiger charge is 2.16. The number of aromatic amines is 1. The lowest BCUT2D eigenvalue weighted by Gasteiger charge is -2.13. The largest absolute Gasteiger partial charge is 0.493 e. The molecule has 0 saturated carbocycles. The molecule has 29 heavy (non-hydrogen) atoms. The van der Waals surface area contributed by atoms with Gasteiger partial charge < -0.3 is 19.6 Å². The van der Waals surface area contributed by atoms with Crippen LogP contribution in [0.3, 0.4) is 0 Å². The highest BCUT2D eigenvalue weighted by molar-refractivity contribution is 5.74. The topological polar surface area (TPSA) is 97.3 Å². The number of nitrogens with one attached hydrogen (secondary N) is 1. The molecule has 2 aromatic heterocycles. The molecule has 0 saturated heterocycles. The van der Waals surface area contributed by atoms with E-state index >= 15 is 0 Å². The van der Waals surface area contributed by atoms with Crippen molar-refractivity contribution >= 4 is 17.3 Å². The van der Waals surface area contributed by atoms with Crippen LogP contribution in [-0.4, -0.2) is 46.7 Å². The van der Waals surface area contributed by atoms with Crippen LogP contribution < -0.4 is 4.74 Å². The van der Waals surface area contributed by atoms with Gasteiger partial charge in [0.25, 0.3) is 0 Å². The zero-order valence-electron chi connectivity index (χ0n) is 16.2. The Hall–Kier alpha value is -2.91. The zero-order chi connectivity index (χ0) is 21.2. The van der Waals surface area contributed by atoms with Crippen LogP contribution >= 0.6 is 0 Å². The summed E-state index contributed by atoms with van der Waals surface area (Å²) in [6.45, 7) is 3.21. The Morgan fingerprint density at radius 3 is 2.66 bits per heavy atom. The van der Waals surface area contributed by atoms with Gasteiger partial charge in [-0.05, 0) is 25.1 Å². The van der Waals surface area contributed by atoms with E-state index in [-0.39, 0.29) is 0 Å². The van der Waals surface area contributed by atoms with Gasteiger partial charge in [-0.2, -0.15) is 0 Å². The average Bonchev–Trinajstić information content (AvgIpc) is 3.12. The fourth-order valence-corrected chi connectivity index (χ4v) is 2.72. The second-order valence-electron chi connectivity index (χ2n) is 6.16. The molecule has 0 aliphatic heterocycles. The maximum Gasteiger partial charge on any atom is 0.483 e. The fourth-order valence-electron chi connectivity index (χ4n) is 2.72. The van der Waals surface area contributed by atoms with Gasteiger partial charge in [0.15, 0.2) is 0 Å². The molecule has 2 N–H and O–H groups in total. The van der Waals surface area contributed by atoms with Crippen LogP contribution in [0.15, 0.2) is 36.5 Å². The molecule has 1 unspecified atom stereocenters.